The van der Waals surface area contributed by atoms with Gasteiger partial charge in [0, 0.05) is 23.6 Å². The van der Waals surface area contributed by atoms with Crippen LogP contribution in [0.5, 0.6) is 0 Å². The summed E-state index contributed by atoms with van der Waals surface area (Å²) in [7, 11) is 0. The number of amides is 1. The largest absolute Gasteiger partial charge is 0.340 e. The van der Waals surface area contributed by atoms with Crippen molar-refractivity contribution in [3.05, 3.63) is 102 Å². The molecule has 1 amide bonds. The normalized spacial score (nSPS) is 10.6. The van der Waals surface area contributed by atoms with E-state index in [-0.39, 0.29) is 18.0 Å². The number of para-hydroxylation sites is 1. The zero-order chi connectivity index (χ0) is 24.0. The second-order valence-electron chi connectivity index (χ2n) is 7.57. The van der Waals surface area contributed by atoms with Gasteiger partial charge in [-0.3, -0.25) is 14.2 Å². The van der Waals surface area contributed by atoms with E-state index in [2.05, 4.69) is 35.9 Å². The Morgan fingerprint density at radius 1 is 0.771 bits per heavy atom. The second-order valence-corrected chi connectivity index (χ2v) is 7.57. The number of carbonyl (C=O) groups excluding carboxylic acids is 1. The number of aromatic nitrogens is 5. The maximum atomic E-state index is 12.6. The Bertz CT molecular complexity index is 1540. The highest BCUT2D eigenvalue weighted by Crippen LogP contribution is 2.20. The topological polar surface area (TPSA) is 127 Å². The van der Waals surface area contributed by atoms with E-state index >= 15 is 0 Å². The molecule has 2 aromatic carbocycles. The third-order valence-corrected chi connectivity index (χ3v) is 5.07. The van der Waals surface area contributed by atoms with E-state index in [0.29, 0.717) is 34.0 Å². The molecule has 3 aromatic heterocycles. The molecule has 3 heterocycles. The fourth-order valence-electron chi connectivity index (χ4n) is 3.42. The molecule has 0 unspecified atom stereocenters. The van der Waals surface area contributed by atoms with Gasteiger partial charge < -0.3 is 16.0 Å². The van der Waals surface area contributed by atoms with Crippen LogP contribution in [0.2, 0.25) is 0 Å². The molecular weight excluding hydrogens is 444 g/mol. The van der Waals surface area contributed by atoms with Crippen molar-refractivity contribution in [2.75, 3.05) is 16.0 Å². The van der Waals surface area contributed by atoms with Gasteiger partial charge in [-0.15, -0.1) is 0 Å². The number of nitrogens with one attached hydrogen (secondary N) is 3. The van der Waals surface area contributed by atoms with Gasteiger partial charge >= 0.3 is 0 Å². The molecule has 0 saturated carbocycles. The van der Waals surface area contributed by atoms with Crippen molar-refractivity contribution in [3.63, 3.8) is 0 Å². The van der Waals surface area contributed by atoms with E-state index in [1.54, 1.807) is 42.6 Å². The van der Waals surface area contributed by atoms with Crippen molar-refractivity contribution >= 4 is 45.6 Å². The summed E-state index contributed by atoms with van der Waals surface area (Å²) in [6.07, 6.45) is 4.53. The minimum absolute atomic E-state index is 0.135. The molecular formula is C25H20N8O2. The third kappa shape index (κ3) is 5.28. The molecule has 10 heteroatoms. The summed E-state index contributed by atoms with van der Waals surface area (Å²) < 4.78 is 1.29. The summed E-state index contributed by atoms with van der Waals surface area (Å²) in [5.41, 5.74) is 1.72. The smallest absolute Gasteiger partial charge is 0.261 e. The number of rotatable bonds is 7. The molecule has 0 aliphatic carbocycles. The number of nitrogens with zero attached hydrogens (tertiary/aromatic N) is 5. The third-order valence-electron chi connectivity index (χ3n) is 5.07. The van der Waals surface area contributed by atoms with Crippen LogP contribution >= 0.6 is 0 Å². The molecule has 0 spiro atoms. The average Bonchev–Trinajstić information content (AvgIpc) is 2.88. The van der Waals surface area contributed by atoms with Gasteiger partial charge in [0.1, 0.15) is 30.3 Å². The van der Waals surface area contributed by atoms with Crippen LogP contribution in [0.3, 0.4) is 0 Å². The predicted octanol–water partition coefficient (Wildman–Crippen LogP) is 3.71. The number of benzene rings is 2. The number of hydrogen-bond donors (Lipinski definition) is 3. The first-order valence-electron chi connectivity index (χ1n) is 10.8. The van der Waals surface area contributed by atoms with Gasteiger partial charge in [-0.1, -0.05) is 18.2 Å². The van der Waals surface area contributed by atoms with Crippen LogP contribution in [0.1, 0.15) is 0 Å². The second kappa shape index (κ2) is 9.79. The molecule has 0 bridgehead atoms. The van der Waals surface area contributed by atoms with Crippen LogP contribution in [0.15, 0.2) is 96.4 Å². The van der Waals surface area contributed by atoms with Crippen LogP contribution in [0.25, 0.3) is 10.9 Å². The van der Waals surface area contributed by atoms with E-state index in [4.69, 9.17) is 0 Å². The first-order chi connectivity index (χ1) is 17.1. The molecule has 0 atom stereocenters. The quantitative estimate of drug-likeness (QED) is 0.333. The Morgan fingerprint density at radius 2 is 1.51 bits per heavy atom. The minimum atomic E-state index is -0.328. The van der Waals surface area contributed by atoms with Crippen LogP contribution < -0.4 is 21.5 Å². The molecule has 0 aliphatic heterocycles. The van der Waals surface area contributed by atoms with Crippen LogP contribution in [-0.2, 0) is 11.3 Å². The summed E-state index contributed by atoms with van der Waals surface area (Å²) >= 11 is 0. The summed E-state index contributed by atoms with van der Waals surface area (Å²) in [6, 6.07) is 21.5. The SMILES string of the molecule is O=C(Cn1cnc2ccccc2c1=O)Nc1ccc(Nc2cc(Nc3ccccn3)ncn2)cc1. The highest BCUT2D eigenvalue weighted by atomic mass is 16.2. The van der Waals surface area contributed by atoms with Crippen molar-refractivity contribution in [1.82, 2.24) is 24.5 Å². The van der Waals surface area contributed by atoms with E-state index in [0.717, 1.165) is 5.69 Å². The highest BCUT2D eigenvalue weighted by Gasteiger charge is 2.09. The molecule has 3 N–H and O–H groups in total. The minimum Gasteiger partial charge on any atom is -0.340 e. The summed E-state index contributed by atoms with van der Waals surface area (Å²) in [6.45, 7) is -0.135. The van der Waals surface area contributed by atoms with Crippen LogP contribution in [-0.4, -0.2) is 30.4 Å². The maximum Gasteiger partial charge on any atom is 0.261 e. The highest BCUT2D eigenvalue weighted by molar-refractivity contribution is 5.91. The van der Waals surface area contributed by atoms with Crippen molar-refractivity contribution in [2.45, 2.75) is 6.54 Å². The average molecular weight is 464 g/mol. The molecule has 35 heavy (non-hydrogen) atoms. The van der Waals surface area contributed by atoms with Crippen molar-refractivity contribution < 1.29 is 4.79 Å². The predicted molar refractivity (Wildman–Crippen MR) is 134 cm³/mol. The Balaban J connectivity index is 1.21. The van der Waals surface area contributed by atoms with Crippen molar-refractivity contribution in [1.29, 1.82) is 0 Å². The van der Waals surface area contributed by atoms with E-state index in [1.807, 2.05) is 36.4 Å². The van der Waals surface area contributed by atoms with E-state index in [9.17, 15) is 9.59 Å². The molecule has 5 rings (SSSR count). The Hall–Kier alpha value is -5.12. The summed E-state index contributed by atoms with van der Waals surface area (Å²) in [4.78, 5) is 42.0. The molecule has 172 valence electrons. The van der Waals surface area contributed by atoms with Crippen molar-refractivity contribution in [2.24, 2.45) is 0 Å². The lowest BCUT2D eigenvalue weighted by atomic mass is 10.2. The number of hydrogen-bond acceptors (Lipinski definition) is 8. The molecule has 10 nitrogen and oxygen atoms in total. The summed E-state index contributed by atoms with van der Waals surface area (Å²) in [5.74, 6) is 1.55. The lowest BCUT2D eigenvalue weighted by Gasteiger charge is -2.10. The monoisotopic (exact) mass is 464 g/mol. The molecule has 0 fully saturated rings. The molecule has 0 aliphatic rings. The van der Waals surface area contributed by atoms with Gasteiger partial charge in [0.2, 0.25) is 5.91 Å². The number of carbonyl (C=O) groups is 1. The summed E-state index contributed by atoms with van der Waals surface area (Å²) in [5, 5.41) is 9.58. The Kier molecular flexibility index (Phi) is 6.07. The number of fused-ring (bicyclic) bond motifs is 1. The molecule has 0 radical (unpaired) electrons. The van der Waals surface area contributed by atoms with E-state index in [1.165, 1.54) is 17.2 Å². The van der Waals surface area contributed by atoms with Gasteiger partial charge in [0.15, 0.2) is 0 Å². The molecule has 5 aromatic rings. The first-order valence-corrected chi connectivity index (χ1v) is 10.8. The zero-order valence-corrected chi connectivity index (χ0v) is 18.4. The van der Waals surface area contributed by atoms with Gasteiger partial charge in [-0.2, -0.15) is 0 Å². The maximum absolute atomic E-state index is 12.6. The zero-order valence-electron chi connectivity index (χ0n) is 18.4. The van der Waals surface area contributed by atoms with Crippen LogP contribution in [0.4, 0.5) is 28.8 Å². The fourth-order valence-corrected chi connectivity index (χ4v) is 3.42. The Morgan fingerprint density at radius 3 is 2.31 bits per heavy atom. The van der Waals surface area contributed by atoms with Crippen LogP contribution in [0, 0.1) is 0 Å². The van der Waals surface area contributed by atoms with Gasteiger partial charge in [-0.05, 0) is 48.5 Å². The van der Waals surface area contributed by atoms with Gasteiger partial charge in [0.25, 0.3) is 5.56 Å². The van der Waals surface area contributed by atoms with E-state index < -0.39 is 0 Å². The first kappa shape index (κ1) is 21.7. The Labute approximate surface area is 199 Å². The lowest BCUT2D eigenvalue weighted by molar-refractivity contribution is -0.116. The van der Waals surface area contributed by atoms with Crippen molar-refractivity contribution in [3.8, 4) is 0 Å². The fraction of sp³-hybridized carbons (Fsp3) is 0.0400. The number of pyridine rings is 1. The lowest BCUT2D eigenvalue weighted by Crippen LogP contribution is -2.27. The van der Waals surface area contributed by atoms with Gasteiger partial charge in [0.05, 0.1) is 17.2 Å². The number of anilines is 5. The molecule has 0 saturated heterocycles. The van der Waals surface area contributed by atoms with Gasteiger partial charge in [-0.25, -0.2) is 19.9 Å². The standard InChI is InChI=1S/C25H20N8O2/c34-24(14-33-16-29-20-6-2-1-5-19(20)25(33)35)31-18-10-8-17(9-11-18)30-22-13-23(28-15-27-22)32-21-7-3-4-12-26-21/h1-13,15-16H,14H2,(H,31,34)(H2,26,27,28,30,32).